The molecule has 26 heavy (non-hydrogen) atoms. The van der Waals surface area contributed by atoms with Gasteiger partial charge in [-0.1, -0.05) is 6.07 Å². The van der Waals surface area contributed by atoms with Gasteiger partial charge in [0.1, 0.15) is 11.6 Å². The number of benzene rings is 2. The molecule has 0 aliphatic carbocycles. The van der Waals surface area contributed by atoms with Crippen LogP contribution in [0.5, 0.6) is 11.5 Å². The highest BCUT2D eigenvalue weighted by atomic mass is 19.1. The molecule has 2 aromatic rings. The first-order valence-corrected chi connectivity index (χ1v) is 7.64. The number of carbonyl (C=O) groups is 2. The largest absolute Gasteiger partial charge is 0.493 e. The Hall–Kier alpha value is -3.16. The minimum atomic E-state index is -0.974. The minimum absolute atomic E-state index is 0.240. The van der Waals surface area contributed by atoms with Crippen LogP contribution in [-0.2, 0) is 9.59 Å². The van der Waals surface area contributed by atoms with E-state index >= 15 is 0 Å². The lowest BCUT2D eigenvalue weighted by Gasteiger charge is -2.13. The summed E-state index contributed by atoms with van der Waals surface area (Å²) >= 11 is 0. The van der Waals surface area contributed by atoms with Gasteiger partial charge < -0.3 is 20.1 Å². The van der Waals surface area contributed by atoms with Gasteiger partial charge in [-0.25, -0.2) is 8.78 Å². The molecular weight excluding hydrogens is 346 g/mol. The summed E-state index contributed by atoms with van der Waals surface area (Å²) in [5.74, 6) is -2.30. The van der Waals surface area contributed by atoms with E-state index in [1.54, 1.807) is 18.2 Å². The molecule has 138 valence electrons. The zero-order chi connectivity index (χ0) is 19.3. The number of carbonyl (C=O) groups excluding carboxylic acids is 2. The molecule has 0 unspecified atom stereocenters. The molecule has 0 bridgehead atoms. The normalized spacial score (nSPS) is 10.2. The number of rotatable bonds is 6. The predicted octanol–water partition coefficient (Wildman–Crippen LogP) is 3.26. The summed E-state index contributed by atoms with van der Waals surface area (Å²) < 4.78 is 38.0. The number of hydrogen-bond acceptors (Lipinski definition) is 4. The van der Waals surface area contributed by atoms with Crippen molar-refractivity contribution in [1.29, 1.82) is 0 Å². The van der Waals surface area contributed by atoms with Crippen molar-refractivity contribution in [3.8, 4) is 11.5 Å². The summed E-state index contributed by atoms with van der Waals surface area (Å²) in [5.41, 5.74) is 0.437. The first kappa shape index (κ1) is 19.2. The van der Waals surface area contributed by atoms with E-state index in [2.05, 4.69) is 10.6 Å². The Morgan fingerprint density at radius 1 is 1.00 bits per heavy atom. The van der Waals surface area contributed by atoms with Gasteiger partial charge in [-0.15, -0.1) is 0 Å². The van der Waals surface area contributed by atoms with Crippen LogP contribution in [0.2, 0.25) is 0 Å². The van der Waals surface area contributed by atoms with Crippen molar-refractivity contribution in [3.63, 3.8) is 0 Å². The molecule has 2 amide bonds. The van der Waals surface area contributed by atoms with Gasteiger partial charge in [-0.3, -0.25) is 9.59 Å². The predicted molar refractivity (Wildman–Crippen MR) is 92.5 cm³/mol. The fraction of sp³-hybridized carbons (Fsp3) is 0.222. The molecule has 0 aliphatic heterocycles. The van der Waals surface area contributed by atoms with Crippen molar-refractivity contribution in [2.45, 2.75) is 13.8 Å². The van der Waals surface area contributed by atoms with Crippen molar-refractivity contribution >= 4 is 23.2 Å². The molecule has 2 aromatic carbocycles. The zero-order valence-corrected chi connectivity index (χ0v) is 14.5. The maximum atomic E-state index is 13.8. The monoisotopic (exact) mass is 364 g/mol. The van der Waals surface area contributed by atoms with Crippen molar-refractivity contribution in [1.82, 2.24) is 0 Å². The van der Waals surface area contributed by atoms with Crippen LogP contribution in [0, 0.1) is 18.6 Å². The molecule has 0 spiro atoms. The Morgan fingerprint density at radius 3 is 2.27 bits per heavy atom. The number of nitrogens with one attached hydrogen (secondary N) is 2. The van der Waals surface area contributed by atoms with Gasteiger partial charge in [0.15, 0.2) is 18.1 Å². The Bertz CT molecular complexity index is 840. The van der Waals surface area contributed by atoms with Crippen LogP contribution in [0.3, 0.4) is 0 Å². The number of halogens is 2. The lowest BCUT2D eigenvalue weighted by atomic mass is 10.2. The van der Waals surface area contributed by atoms with E-state index in [9.17, 15) is 18.4 Å². The molecule has 0 heterocycles. The summed E-state index contributed by atoms with van der Waals surface area (Å²) in [6, 6.07) is 6.75. The average Bonchev–Trinajstić information content (AvgIpc) is 2.57. The highest BCUT2D eigenvalue weighted by molar-refractivity contribution is 5.94. The van der Waals surface area contributed by atoms with E-state index in [1.807, 2.05) is 6.92 Å². The standard InChI is InChI=1S/C18H18F2N2O4/c1-10-4-5-16(17(6-10)25-3)26-9-18(24)22-15-8-14(21-11(2)23)12(19)7-13(15)20/h4-8H,9H2,1-3H3,(H,21,23)(H,22,24). The number of methoxy groups -OCH3 is 1. The fourth-order valence-electron chi connectivity index (χ4n) is 2.15. The van der Waals surface area contributed by atoms with Gasteiger partial charge in [-0.05, 0) is 30.7 Å². The molecule has 0 radical (unpaired) electrons. The smallest absolute Gasteiger partial charge is 0.262 e. The lowest BCUT2D eigenvalue weighted by molar-refractivity contribution is -0.118. The molecule has 2 rings (SSSR count). The van der Waals surface area contributed by atoms with E-state index < -0.39 is 30.1 Å². The Morgan fingerprint density at radius 2 is 1.65 bits per heavy atom. The van der Waals surface area contributed by atoms with Crippen molar-refractivity contribution in [3.05, 3.63) is 47.5 Å². The van der Waals surface area contributed by atoms with Crippen molar-refractivity contribution in [2.75, 3.05) is 24.4 Å². The van der Waals surface area contributed by atoms with E-state index in [1.165, 1.54) is 14.0 Å². The SMILES string of the molecule is COc1cc(C)ccc1OCC(=O)Nc1cc(NC(C)=O)c(F)cc1F. The van der Waals surface area contributed by atoms with Crippen LogP contribution in [0.25, 0.3) is 0 Å². The molecule has 6 nitrogen and oxygen atoms in total. The second-order valence-electron chi connectivity index (χ2n) is 5.48. The maximum absolute atomic E-state index is 13.8. The first-order chi connectivity index (χ1) is 12.3. The third kappa shape index (κ3) is 4.92. The van der Waals surface area contributed by atoms with Crippen LogP contribution < -0.4 is 20.1 Å². The second-order valence-corrected chi connectivity index (χ2v) is 5.48. The van der Waals surface area contributed by atoms with Crippen molar-refractivity contribution < 1.29 is 27.8 Å². The summed E-state index contributed by atoms with van der Waals surface area (Å²) in [4.78, 5) is 23.0. The van der Waals surface area contributed by atoms with Gasteiger partial charge in [0.25, 0.3) is 5.91 Å². The first-order valence-electron chi connectivity index (χ1n) is 7.64. The number of ether oxygens (including phenoxy) is 2. The highest BCUT2D eigenvalue weighted by Crippen LogP contribution is 2.28. The van der Waals surface area contributed by atoms with Crippen LogP contribution in [-0.4, -0.2) is 25.5 Å². The topological polar surface area (TPSA) is 76.7 Å². The third-order valence-corrected chi connectivity index (χ3v) is 3.32. The van der Waals surface area contributed by atoms with Gasteiger partial charge >= 0.3 is 0 Å². The van der Waals surface area contributed by atoms with E-state index in [-0.39, 0.29) is 11.4 Å². The van der Waals surface area contributed by atoms with E-state index in [0.717, 1.165) is 11.6 Å². The average molecular weight is 364 g/mol. The second kappa shape index (κ2) is 8.28. The Labute approximate surface area is 149 Å². The molecule has 0 saturated carbocycles. The highest BCUT2D eigenvalue weighted by Gasteiger charge is 2.14. The van der Waals surface area contributed by atoms with Gasteiger partial charge in [0, 0.05) is 13.0 Å². The number of hydrogen-bond donors (Lipinski definition) is 2. The number of anilines is 2. The minimum Gasteiger partial charge on any atom is -0.493 e. The molecule has 0 atom stereocenters. The molecule has 0 saturated heterocycles. The molecular formula is C18H18F2N2O4. The Kier molecular flexibility index (Phi) is 6.11. The van der Waals surface area contributed by atoms with Crippen molar-refractivity contribution in [2.24, 2.45) is 0 Å². The van der Waals surface area contributed by atoms with Gasteiger partial charge in [-0.2, -0.15) is 0 Å². The van der Waals surface area contributed by atoms with E-state index in [0.29, 0.717) is 17.6 Å². The zero-order valence-electron chi connectivity index (χ0n) is 14.5. The Balaban J connectivity index is 2.07. The molecule has 0 aliphatic rings. The van der Waals surface area contributed by atoms with Crippen LogP contribution >= 0.6 is 0 Å². The molecule has 0 aromatic heterocycles. The van der Waals surface area contributed by atoms with Gasteiger partial charge in [0.05, 0.1) is 18.5 Å². The number of aryl methyl sites for hydroxylation is 1. The van der Waals surface area contributed by atoms with E-state index in [4.69, 9.17) is 9.47 Å². The van der Waals surface area contributed by atoms with Crippen LogP contribution in [0.15, 0.2) is 30.3 Å². The maximum Gasteiger partial charge on any atom is 0.262 e. The summed E-state index contributed by atoms with van der Waals surface area (Å²) in [5, 5.41) is 4.48. The summed E-state index contributed by atoms with van der Waals surface area (Å²) in [7, 11) is 1.47. The molecule has 2 N–H and O–H groups in total. The molecule has 8 heteroatoms. The number of amides is 2. The molecule has 0 fully saturated rings. The quantitative estimate of drug-likeness (QED) is 0.825. The third-order valence-electron chi connectivity index (χ3n) is 3.32. The van der Waals surface area contributed by atoms with Crippen LogP contribution in [0.1, 0.15) is 12.5 Å². The van der Waals surface area contributed by atoms with Gasteiger partial charge in [0.2, 0.25) is 5.91 Å². The van der Waals surface area contributed by atoms with Crippen LogP contribution in [0.4, 0.5) is 20.2 Å². The summed E-state index contributed by atoms with van der Waals surface area (Å²) in [6.07, 6.45) is 0. The fourth-order valence-corrected chi connectivity index (χ4v) is 2.15. The summed E-state index contributed by atoms with van der Waals surface area (Å²) in [6.45, 7) is 2.65. The lowest BCUT2D eigenvalue weighted by Crippen LogP contribution is -2.21.